The van der Waals surface area contributed by atoms with E-state index in [9.17, 15) is 4.79 Å². The number of aldehydes is 1. The molecule has 1 N–H and O–H groups in total. The van der Waals surface area contributed by atoms with Crippen LogP contribution in [-0.2, 0) is 4.79 Å². The Morgan fingerprint density at radius 2 is 1.19 bits per heavy atom. The maximum Gasteiger partial charge on any atom is 0.142 e. The highest BCUT2D eigenvalue weighted by atomic mass is 16.1. The Hall–Kier alpha value is -1.57. The van der Waals surface area contributed by atoms with Crippen molar-refractivity contribution in [1.82, 2.24) is 0 Å². The predicted octanol–water partition coefficient (Wildman–Crippen LogP) is 7.79. The normalized spacial score (nSPS) is 11.1. The highest BCUT2D eigenvalue weighted by molar-refractivity contribution is 5.74. The molecule has 2 nitrogen and oxygen atoms in total. The van der Waals surface area contributed by atoms with Gasteiger partial charge in [-0.2, -0.15) is 0 Å². The fourth-order valence-corrected chi connectivity index (χ4v) is 3.41. The molecule has 0 aliphatic heterocycles. The van der Waals surface area contributed by atoms with Gasteiger partial charge in [0.25, 0.3) is 0 Å². The first-order valence-corrected chi connectivity index (χ1v) is 11.3. The van der Waals surface area contributed by atoms with Crippen LogP contribution in [-0.4, -0.2) is 12.8 Å². The first-order valence-electron chi connectivity index (χ1n) is 11.3. The topological polar surface area (TPSA) is 29.1 Å². The summed E-state index contributed by atoms with van der Waals surface area (Å²) in [7, 11) is 0. The lowest BCUT2D eigenvalue weighted by atomic mass is 10.0. The Labute approximate surface area is 167 Å². The van der Waals surface area contributed by atoms with E-state index in [1.165, 1.54) is 96.0 Å². The van der Waals surface area contributed by atoms with Gasteiger partial charge in [0.1, 0.15) is 6.29 Å². The molecule has 0 aliphatic carbocycles. The van der Waals surface area contributed by atoms with Gasteiger partial charge in [0.15, 0.2) is 0 Å². The number of rotatable bonds is 18. The molecule has 152 valence electrons. The van der Waals surface area contributed by atoms with Crippen molar-refractivity contribution in [2.75, 3.05) is 11.9 Å². The molecule has 0 heterocycles. The van der Waals surface area contributed by atoms with Crippen LogP contribution in [0.3, 0.4) is 0 Å². The van der Waals surface area contributed by atoms with Crippen molar-refractivity contribution in [3.8, 4) is 0 Å². The molecule has 0 bridgehead atoms. The van der Waals surface area contributed by atoms with Gasteiger partial charge >= 0.3 is 0 Å². The number of nitrogens with one attached hydrogen (secondary N) is 1. The Kier molecular flexibility index (Phi) is 15.5. The maximum atomic E-state index is 10.3. The molecule has 0 atom stereocenters. The van der Waals surface area contributed by atoms with Crippen LogP contribution in [0.2, 0.25) is 0 Å². The van der Waals surface area contributed by atoms with Crippen LogP contribution in [0.1, 0.15) is 102 Å². The molecule has 0 aliphatic rings. The van der Waals surface area contributed by atoms with Gasteiger partial charge in [-0.25, -0.2) is 0 Å². The van der Waals surface area contributed by atoms with E-state index >= 15 is 0 Å². The number of hydrogen-bond acceptors (Lipinski definition) is 2. The summed E-state index contributed by atoms with van der Waals surface area (Å²) in [5.41, 5.74) is 2.22. The molecule has 1 aromatic carbocycles. The molecule has 1 aromatic rings. The molecule has 1 rings (SSSR count). The summed E-state index contributed by atoms with van der Waals surface area (Å²) < 4.78 is 0. The van der Waals surface area contributed by atoms with E-state index in [-0.39, 0.29) is 0 Å². The lowest BCUT2D eigenvalue weighted by Crippen LogP contribution is -2.01. The number of allylic oxidation sites excluding steroid dienone is 1. The number of anilines is 1. The Bertz CT molecular complexity index is 478. The zero-order chi connectivity index (χ0) is 19.4. The summed E-state index contributed by atoms with van der Waals surface area (Å²) in [6, 6.07) is 8.23. The molecule has 0 unspecified atom stereocenters. The molecule has 0 aromatic heterocycles. The molecule has 0 saturated carbocycles. The fourth-order valence-electron chi connectivity index (χ4n) is 3.41. The largest absolute Gasteiger partial charge is 0.385 e. The van der Waals surface area contributed by atoms with E-state index in [1.54, 1.807) is 0 Å². The minimum absolute atomic E-state index is 0.807. The highest BCUT2D eigenvalue weighted by Crippen LogP contribution is 2.14. The van der Waals surface area contributed by atoms with E-state index < -0.39 is 0 Å². The van der Waals surface area contributed by atoms with Crippen molar-refractivity contribution in [2.45, 2.75) is 96.8 Å². The van der Waals surface area contributed by atoms with E-state index in [4.69, 9.17) is 0 Å². The van der Waals surface area contributed by atoms with Crippen LogP contribution in [0.5, 0.6) is 0 Å². The van der Waals surface area contributed by atoms with Gasteiger partial charge in [0.2, 0.25) is 0 Å². The first-order chi connectivity index (χ1) is 13.4. The summed E-state index contributed by atoms with van der Waals surface area (Å²) in [4.78, 5) is 10.3. The number of carbonyl (C=O) groups is 1. The molecule has 0 amide bonds. The van der Waals surface area contributed by atoms with Crippen molar-refractivity contribution in [3.05, 3.63) is 35.9 Å². The summed E-state index contributed by atoms with van der Waals surface area (Å²) in [6.45, 7) is 3.33. The van der Waals surface area contributed by atoms with Crippen molar-refractivity contribution >= 4 is 18.0 Å². The van der Waals surface area contributed by atoms with Crippen LogP contribution in [0.15, 0.2) is 30.3 Å². The number of unbranched alkanes of at least 4 members (excludes halogenated alkanes) is 13. The van der Waals surface area contributed by atoms with E-state index in [2.05, 4.69) is 24.4 Å². The lowest BCUT2D eigenvalue weighted by Gasteiger charge is -2.07. The molecule has 0 spiro atoms. The SMILES string of the molecule is CCCCCCCCCCCCCCCCNc1ccc(/C=C/C=O)cc1. The van der Waals surface area contributed by atoms with Gasteiger partial charge < -0.3 is 5.32 Å². The van der Waals surface area contributed by atoms with Crippen molar-refractivity contribution in [3.63, 3.8) is 0 Å². The van der Waals surface area contributed by atoms with Gasteiger partial charge in [-0.3, -0.25) is 4.79 Å². The minimum Gasteiger partial charge on any atom is -0.385 e. The highest BCUT2D eigenvalue weighted by Gasteiger charge is 1.95. The van der Waals surface area contributed by atoms with Crippen LogP contribution in [0.25, 0.3) is 6.08 Å². The lowest BCUT2D eigenvalue weighted by molar-refractivity contribution is -0.104. The molecule has 0 saturated heterocycles. The van der Waals surface area contributed by atoms with E-state index in [0.29, 0.717) is 0 Å². The predicted molar refractivity (Wildman–Crippen MR) is 120 cm³/mol. The number of benzene rings is 1. The monoisotopic (exact) mass is 371 g/mol. The Balaban J connectivity index is 1.85. The van der Waals surface area contributed by atoms with Gasteiger partial charge in [-0.05, 0) is 30.2 Å². The zero-order valence-corrected chi connectivity index (χ0v) is 17.6. The molecular weight excluding hydrogens is 330 g/mol. The first kappa shape index (κ1) is 23.5. The average Bonchev–Trinajstić information content (AvgIpc) is 2.70. The summed E-state index contributed by atoms with van der Waals surface area (Å²) >= 11 is 0. The van der Waals surface area contributed by atoms with Crippen LogP contribution in [0.4, 0.5) is 5.69 Å². The van der Waals surface area contributed by atoms with Crippen LogP contribution >= 0.6 is 0 Å². The number of carbonyl (C=O) groups excluding carboxylic acids is 1. The van der Waals surface area contributed by atoms with Gasteiger partial charge in [0, 0.05) is 12.2 Å². The van der Waals surface area contributed by atoms with Crippen molar-refractivity contribution < 1.29 is 4.79 Å². The number of hydrogen-bond donors (Lipinski definition) is 1. The van der Waals surface area contributed by atoms with Gasteiger partial charge in [0.05, 0.1) is 0 Å². The average molecular weight is 372 g/mol. The van der Waals surface area contributed by atoms with Crippen molar-refractivity contribution in [2.24, 2.45) is 0 Å². The fraction of sp³-hybridized carbons (Fsp3) is 0.640. The van der Waals surface area contributed by atoms with Crippen LogP contribution in [0, 0.1) is 0 Å². The second-order valence-electron chi connectivity index (χ2n) is 7.64. The Morgan fingerprint density at radius 1 is 0.704 bits per heavy atom. The van der Waals surface area contributed by atoms with Gasteiger partial charge in [-0.15, -0.1) is 0 Å². The Morgan fingerprint density at radius 3 is 1.67 bits per heavy atom. The second kappa shape index (κ2) is 17.8. The summed E-state index contributed by atoms with van der Waals surface area (Å²) in [6.07, 6.45) is 23.8. The molecule has 0 radical (unpaired) electrons. The van der Waals surface area contributed by atoms with E-state index in [0.717, 1.165) is 24.1 Å². The third-order valence-electron chi connectivity index (χ3n) is 5.14. The zero-order valence-electron chi connectivity index (χ0n) is 17.6. The molecule has 27 heavy (non-hydrogen) atoms. The minimum atomic E-state index is 0.807. The standard InChI is InChI=1S/C25H41NO/c1-2-3-4-5-6-7-8-9-10-11-12-13-14-15-22-26-25-20-18-24(19-21-25)17-16-23-27/h16-21,23,26H,2-15,22H2,1H3/b17-16+. The summed E-state index contributed by atoms with van der Waals surface area (Å²) in [5, 5.41) is 3.48. The smallest absolute Gasteiger partial charge is 0.142 e. The van der Waals surface area contributed by atoms with Crippen molar-refractivity contribution in [1.29, 1.82) is 0 Å². The van der Waals surface area contributed by atoms with E-state index in [1.807, 2.05) is 18.2 Å². The maximum absolute atomic E-state index is 10.3. The molecule has 2 heteroatoms. The third-order valence-corrected chi connectivity index (χ3v) is 5.14. The quantitative estimate of drug-likeness (QED) is 0.162. The van der Waals surface area contributed by atoms with Crippen LogP contribution < -0.4 is 5.32 Å². The van der Waals surface area contributed by atoms with Gasteiger partial charge in [-0.1, -0.05) is 109 Å². The second-order valence-corrected chi connectivity index (χ2v) is 7.64. The third kappa shape index (κ3) is 14.2. The summed E-state index contributed by atoms with van der Waals surface area (Å²) in [5.74, 6) is 0. The molecular formula is C25H41NO. The molecule has 0 fully saturated rings.